The van der Waals surface area contributed by atoms with E-state index in [9.17, 15) is 9.90 Å². The van der Waals surface area contributed by atoms with E-state index in [0.29, 0.717) is 11.3 Å². The minimum atomic E-state index is -1.11. The molecule has 4 rings (SSSR count). The standard InChI is InChI=1S/C22H19N5O2/c1-26-14-23-20-17(26)13-18(25-21(20)27(2)22(28)29)24-19(15-9-5-3-6-10-15)16-11-7-4-8-12-16/h3-14H,1-2H3,(H,28,29). The Kier molecular flexibility index (Phi) is 4.78. The number of pyridine rings is 1. The van der Waals surface area contributed by atoms with Gasteiger partial charge in [-0.1, -0.05) is 60.7 Å². The Bertz CT molecular complexity index is 1160. The Morgan fingerprint density at radius 3 is 2.17 bits per heavy atom. The molecule has 29 heavy (non-hydrogen) atoms. The fourth-order valence-electron chi connectivity index (χ4n) is 3.08. The van der Waals surface area contributed by atoms with Crippen LogP contribution in [-0.4, -0.2) is 38.5 Å². The first-order chi connectivity index (χ1) is 14.0. The number of nitrogens with zero attached hydrogens (tertiary/aromatic N) is 5. The molecule has 0 fully saturated rings. The molecule has 2 heterocycles. The summed E-state index contributed by atoms with van der Waals surface area (Å²) in [6.45, 7) is 0. The van der Waals surface area contributed by atoms with Gasteiger partial charge in [0, 0.05) is 31.3 Å². The van der Waals surface area contributed by atoms with Gasteiger partial charge in [-0.25, -0.2) is 19.8 Å². The number of carbonyl (C=O) groups is 1. The monoisotopic (exact) mass is 385 g/mol. The van der Waals surface area contributed by atoms with Crippen LogP contribution in [0.25, 0.3) is 11.0 Å². The number of aliphatic imine (C=N–C) groups is 1. The van der Waals surface area contributed by atoms with E-state index in [1.807, 2.05) is 78.3 Å². The highest BCUT2D eigenvalue weighted by Gasteiger charge is 2.18. The predicted molar refractivity (Wildman–Crippen MR) is 113 cm³/mol. The molecule has 4 aromatic rings. The number of benzene rings is 2. The predicted octanol–water partition coefficient (Wildman–Crippen LogP) is 4.25. The van der Waals surface area contributed by atoms with Crippen LogP contribution in [0.15, 0.2) is 78.0 Å². The van der Waals surface area contributed by atoms with Crippen LogP contribution in [0.3, 0.4) is 0 Å². The molecule has 0 saturated heterocycles. The van der Waals surface area contributed by atoms with E-state index in [-0.39, 0.29) is 5.82 Å². The van der Waals surface area contributed by atoms with Gasteiger partial charge in [0.05, 0.1) is 17.6 Å². The highest BCUT2D eigenvalue weighted by Crippen LogP contribution is 2.28. The van der Waals surface area contributed by atoms with Crippen molar-refractivity contribution in [2.75, 3.05) is 11.9 Å². The summed E-state index contributed by atoms with van der Waals surface area (Å²) in [7, 11) is 3.30. The lowest BCUT2D eigenvalue weighted by Gasteiger charge is -2.14. The number of aryl methyl sites for hydroxylation is 1. The maximum atomic E-state index is 11.5. The number of amides is 1. The SMILES string of the molecule is CN(C(=O)O)c1nc(N=C(c2ccccc2)c2ccccc2)cc2c1ncn2C. The van der Waals surface area contributed by atoms with Gasteiger partial charge in [-0.3, -0.25) is 4.90 Å². The molecular formula is C22H19N5O2. The van der Waals surface area contributed by atoms with E-state index in [4.69, 9.17) is 4.99 Å². The Morgan fingerprint density at radius 2 is 1.62 bits per heavy atom. The van der Waals surface area contributed by atoms with Crippen molar-refractivity contribution >= 4 is 34.5 Å². The number of fused-ring (bicyclic) bond motifs is 1. The molecular weight excluding hydrogens is 366 g/mol. The van der Waals surface area contributed by atoms with Crippen molar-refractivity contribution in [3.05, 3.63) is 84.2 Å². The van der Waals surface area contributed by atoms with Gasteiger partial charge in [0.15, 0.2) is 11.6 Å². The summed E-state index contributed by atoms with van der Waals surface area (Å²) >= 11 is 0. The molecule has 2 aromatic heterocycles. The number of carboxylic acid groups (broad SMARTS) is 1. The molecule has 7 nitrogen and oxygen atoms in total. The van der Waals surface area contributed by atoms with Crippen LogP contribution in [0, 0.1) is 0 Å². The summed E-state index contributed by atoms with van der Waals surface area (Å²) in [5.74, 6) is 0.654. The zero-order chi connectivity index (χ0) is 20.4. The van der Waals surface area contributed by atoms with Crippen LogP contribution in [0.4, 0.5) is 16.4 Å². The first-order valence-electron chi connectivity index (χ1n) is 9.03. The third-order valence-electron chi connectivity index (χ3n) is 4.61. The molecule has 0 saturated carbocycles. The van der Waals surface area contributed by atoms with Gasteiger partial charge in [0.1, 0.15) is 5.52 Å². The van der Waals surface area contributed by atoms with Gasteiger partial charge in [0.25, 0.3) is 0 Å². The molecule has 1 N–H and O–H groups in total. The van der Waals surface area contributed by atoms with Crippen LogP contribution in [0.2, 0.25) is 0 Å². The second-order valence-corrected chi connectivity index (χ2v) is 6.56. The molecule has 7 heteroatoms. The van der Waals surface area contributed by atoms with Gasteiger partial charge < -0.3 is 9.67 Å². The average molecular weight is 385 g/mol. The minimum absolute atomic E-state index is 0.245. The van der Waals surface area contributed by atoms with E-state index in [2.05, 4.69) is 9.97 Å². The second-order valence-electron chi connectivity index (χ2n) is 6.56. The summed E-state index contributed by atoms with van der Waals surface area (Å²) in [5, 5.41) is 9.45. The molecule has 2 aromatic carbocycles. The molecule has 0 atom stereocenters. The topological polar surface area (TPSA) is 83.6 Å². The summed E-state index contributed by atoms with van der Waals surface area (Å²) in [6, 6.07) is 21.5. The lowest BCUT2D eigenvalue weighted by Crippen LogP contribution is -2.25. The van der Waals surface area contributed by atoms with Gasteiger partial charge in [-0.15, -0.1) is 0 Å². The maximum Gasteiger partial charge on any atom is 0.412 e. The molecule has 0 radical (unpaired) electrons. The van der Waals surface area contributed by atoms with Crippen molar-refractivity contribution in [2.24, 2.45) is 12.0 Å². The molecule has 0 aliphatic rings. The van der Waals surface area contributed by atoms with Crippen molar-refractivity contribution in [2.45, 2.75) is 0 Å². The summed E-state index contributed by atoms with van der Waals surface area (Å²) < 4.78 is 1.82. The fourth-order valence-corrected chi connectivity index (χ4v) is 3.08. The Hall–Kier alpha value is -4.00. The molecule has 0 aliphatic heterocycles. The molecule has 0 aliphatic carbocycles. The van der Waals surface area contributed by atoms with E-state index in [0.717, 1.165) is 27.3 Å². The third-order valence-corrected chi connectivity index (χ3v) is 4.61. The van der Waals surface area contributed by atoms with E-state index in [1.165, 1.54) is 7.05 Å². The van der Waals surface area contributed by atoms with E-state index >= 15 is 0 Å². The Morgan fingerprint density at radius 1 is 1.03 bits per heavy atom. The average Bonchev–Trinajstić information content (AvgIpc) is 3.13. The Balaban J connectivity index is 1.95. The first kappa shape index (κ1) is 18.4. The molecule has 144 valence electrons. The summed E-state index contributed by atoms with van der Waals surface area (Å²) in [4.78, 5) is 26.2. The van der Waals surface area contributed by atoms with Crippen LogP contribution >= 0.6 is 0 Å². The quantitative estimate of drug-likeness (QED) is 0.532. The lowest BCUT2D eigenvalue weighted by atomic mass is 10.0. The molecule has 0 bridgehead atoms. The van der Waals surface area contributed by atoms with Gasteiger partial charge in [0.2, 0.25) is 0 Å². The smallest absolute Gasteiger partial charge is 0.412 e. The normalized spacial score (nSPS) is 10.7. The number of anilines is 1. The first-order valence-corrected chi connectivity index (χ1v) is 9.03. The van der Waals surface area contributed by atoms with Crippen LogP contribution < -0.4 is 4.90 Å². The highest BCUT2D eigenvalue weighted by atomic mass is 16.4. The van der Waals surface area contributed by atoms with Gasteiger partial charge in [-0.2, -0.15) is 0 Å². The zero-order valence-corrected chi connectivity index (χ0v) is 16.0. The second kappa shape index (κ2) is 7.55. The minimum Gasteiger partial charge on any atom is -0.465 e. The van der Waals surface area contributed by atoms with Crippen LogP contribution in [-0.2, 0) is 7.05 Å². The zero-order valence-electron chi connectivity index (χ0n) is 16.0. The van der Waals surface area contributed by atoms with Crippen molar-refractivity contribution < 1.29 is 9.90 Å². The fraction of sp³-hybridized carbons (Fsp3) is 0.0909. The largest absolute Gasteiger partial charge is 0.465 e. The molecule has 0 unspecified atom stereocenters. The van der Waals surface area contributed by atoms with Crippen molar-refractivity contribution in [1.82, 2.24) is 14.5 Å². The summed E-state index contributed by atoms with van der Waals surface area (Å²) in [6.07, 6.45) is 0.519. The van der Waals surface area contributed by atoms with Gasteiger partial charge >= 0.3 is 6.09 Å². The number of hydrogen-bond donors (Lipinski definition) is 1. The lowest BCUT2D eigenvalue weighted by molar-refractivity contribution is 0.203. The highest BCUT2D eigenvalue weighted by molar-refractivity contribution is 6.14. The third kappa shape index (κ3) is 3.58. The number of hydrogen-bond acceptors (Lipinski definition) is 4. The maximum absolute atomic E-state index is 11.5. The number of aromatic nitrogens is 3. The van der Waals surface area contributed by atoms with E-state index < -0.39 is 6.09 Å². The van der Waals surface area contributed by atoms with Gasteiger partial charge in [-0.05, 0) is 0 Å². The van der Waals surface area contributed by atoms with Crippen molar-refractivity contribution in [3.63, 3.8) is 0 Å². The molecule has 0 spiro atoms. The van der Waals surface area contributed by atoms with Crippen molar-refractivity contribution in [3.8, 4) is 0 Å². The van der Waals surface area contributed by atoms with Crippen molar-refractivity contribution in [1.29, 1.82) is 0 Å². The Labute approximate surface area is 167 Å². The van der Waals surface area contributed by atoms with Crippen LogP contribution in [0.1, 0.15) is 11.1 Å². The molecule has 1 amide bonds. The van der Waals surface area contributed by atoms with Crippen LogP contribution in [0.5, 0.6) is 0 Å². The number of rotatable bonds is 4. The number of imidazole rings is 1. The summed E-state index contributed by atoms with van der Waals surface area (Å²) in [5.41, 5.74) is 3.90. The van der Waals surface area contributed by atoms with E-state index in [1.54, 1.807) is 6.33 Å².